The highest BCUT2D eigenvalue weighted by molar-refractivity contribution is 7.90. The number of hydrogen-bond acceptors (Lipinski definition) is 14. The minimum absolute atomic E-state index is 0.0200. The maximum Gasteiger partial charge on any atom is 0.268 e. The Kier molecular flexibility index (Phi) is 12.7. The van der Waals surface area contributed by atoms with Crippen molar-refractivity contribution in [2.45, 2.75) is 132 Å². The first-order valence-corrected chi connectivity index (χ1v) is 27.2. The Morgan fingerprint density at radius 1 is 0.972 bits per heavy atom. The van der Waals surface area contributed by atoms with Crippen molar-refractivity contribution in [1.29, 1.82) is 0 Å². The predicted octanol–water partition coefficient (Wildman–Crippen LogP) is 9.44. The average molecular weight is 987 g/mol. The second kappa shape index (κ2) is 19.0. The van der Waals surface area contributed by atoms with E-state index in [1.165, 1.54) is 42.9 Å². The molecule has 2 aromatic heterocycles. The molecule has 3 saturated heterocycles. The number of H-pyrrole nitrogens is 1. The number of piperidine rings is 1. The Labute approximate surface area is 415 Å². The summed E-state index contributed by atoms with van der Waals surface area (Å²) in [5, 5.41) is 21.1. The molecule has 1 unspecified atom stereocenters. The fourth-order valence-electron chi connectivity index (χ4n) is 12.4. The van der Waals surface area contributed by atoms with Gasteiger partial charge in [0.1, 0.15) is 41.2 Å². The number of carbonyl (C=O) groups is 1. The highest BCUT2D eigenvalue weighted by Gasteiger charge is 2.50. The third-order valence-corrected chi connectivity index (χ3v) is 17.9. The molecule has 0 radical (unpaired) electrons. The number of nitrogens with zero attached hydrogens (tertiary/aromatic N) is 4. The second-order valence-corrected chi connectivity index (χ2v) is 23.4. The van der Waals surface area contributed by atoms with Crippen molar-refractivity contribution in [2.75, 3.05) is 49.5 Å². The van der Waals surface area contributed by atoms with E-state index in [1.807, 2.05) is 31.2 Å². The number of benzene rings is 3. The Hall–Kier alpha value is -5.75. The molecule has 376 valence electrons. The molecule has 2 aliphatic carbocycles. The number of nitrogens with one attached hydrogen (secondary N) is 4. The molecule has 4 aliphatic heterocycles. The van der Waals surface area contributed by atoms with Gasteiger partial charge in [0, 0.05) is 61.1 Å². The van der Waals surface area contributed by atoms with E-state index >= 15 is 0 Å². The van der Waals surface area contributed by atoms with Crippen LogP contribution in [0.15, 0.2) is 83.0 Å². The maximum atomic E-state index is 14.4. The summed E-state index contributed by atoms with van der Waals surface area (Å²) in [6, 6.07) is 21.3. The van der Waals surface area contributed by atoms with Crippen LogP contribution in [0.4, 0.5) is 17.1 Å². The number of pyridine rings is 1. The predicted molar refractivity (Wildman–Crippen MR) is 273 cm³/mol. The van der Waals surface area contributed by atoms with Gasteiger partial charge >= 0.3 is 0 Å². The quantitative estimate of drug-likeness (QED) is 0.0700. The first-order valence-electron chi connectivity index (χ1n) is 25.7. The first-order chi connectivity index (χ1) is 34.2. The van der Waals surface area contributed by atoms with E-state index in [0.717, 1.165) is 75.4 Å². The van der Waals surface area contributed by atoms with Gasteiger partial charge in [0.15, 0.2) is 5.75 Å². The van der Waals surface area contributed by atoms with Crippen LogP contribution in [0.5, 0.6) is 23.1 Å². The fraction of sp³-hybridized carbons (Fsp3) is 0.519. The van der Waals surface area contributed by atoms with Crippen LogP contribution in [0.3, 0.4) is 0 Å². The molecular formula is C54H66N8O8S. The van der Waals surface area contributed by atoms with Crippen LogP contribution in [-0.2, 0) is 10.0 Å². The van der Waals surface area contributed by atoms with Crippen molar-refractivity contribution >= 4 is 44.0 Å². The van der Waals surface area contributed by atoms with E-state index in [-0.39, 0.29) is 69.4 Å². The van der Waals surface area contributed by atoms with Gasteiger partial charge in [-0.15, -0.1) is 4.91 Å². The molecule has 11 rings (SSSR count). The van der Waals surface area contributed by atoms with Crippen molar-refractivity contribution < 1.29 is 32.5 Å². The number of anilines is 2. The summed E-state index contributed by atoms with van der Waals surface area (Å²) < 4.78 is 49.7. The lowest BCUT2D eigenvalue weighted by Crippen LogP contribution is -2.54. The van der Waals surface area contributed by atoms with Gasteiger partial charge in [-0.2, -0.15) is 4.98 Å². The lowest BCUT2D eigenvalue weighted by molar-refractivity contribution is -0.0227. The van der Waals surface area contributed by atoms with Crippen molar-refractivity contribution in [2.24, 2.45) is 16.5 Å². The molecule has 5 fully saturated rings. The number of amides is 1. The zero-order valence-electron chi connectivity index (χ0n) is 40.9. The summed E-state index contributed by atoms with van der Waals surface area (Å²) in [6.07, 6.45) is 12.2. The average Bonchev–Trinajstić information content (AvgIpc) is 4.16. The number of fused-ring (bicyclic) bond motifs is 2. The zero-order chi connectivity index (χ0) is 49.1. The summed E-state index contributed by atoms with van der Waals surface area (Å²) in [4.78, 5) is 39.4. The van der Waals surface area contributed by atoms with E-state index in [0.29, 0.717) is 48.7 Å². The second-order valence-electron chi connectivity index (χ2n) is 21.7. The Bertz CT molecular complexity index is 2910. The van der Waals surface area contributed by atoms with Crippen molar-refractivity contribution in [1.82, 2.24) is 24.9 Å². The number of aromatic nitrogens is 2. The summed E-state index contributed by atoms with van der Waals surface area (Å²) in [7, 11) is -4.58. The molecule has 6 aliphatic rings. The molecule has 3 aromatic carbocycles. The number of hydrogen-bond donors (Lipinski definition) is 5. The topological polar surface area (TPSA) is 200 Å². The van der Waals surface area contributed by atoms with Gasteiger partial charge in [-0.05, 0) is 155 Å². The number of aliphatic hydroxyl groups is 1. The largest absolute Gasteiger partial charge is 0.489 e. The fourth-order valence-corrected chi connectivity index (χ4v) is 13.4. The van der Waals surface area contributed by atoms with E-state index in [9.17, 15) is 23.2 Å². The van der Waals surface area contributed by atoms with E-state index in [1.54, 1.807) is 12.3 Å². The molecule has 5 N–H and O–H groups in total. The Morgan fingerprint density at radius 3 is 2.54 bits per heavy atom. The van der Waals surface area contributed by atoms with Crippen molar-refractivity contribution in [3.63, 3.8) is 0 Å². The van der Waals surface area contributed by atoms with Gasteiger partial charge in [0.05, 0.1) is 22.1 Å². The normalized spacial score (nSPS) is 25.6. The van der Waals surface area contributed by atoms with E-state index < -0.39 is 21.5 Å². The molecule has 0 bridgehead atoms. The number of nitroso groups, excluding NO2 is 1. The summed E-state index contributed by atoms with van der Waals surface area (Å²) in [6.45, 7) is 10.9. The van der Waals surface area contributed by atoms with Crippen LogP contribution in [0.2, 0.25) is 0 Å². The van der Waals surface area contributed by atoms with Crippen LogP contribution in [0.1, 0.15) is 125 Å². The van der Waals surface area contributed by atoms with Gasteiger partial charge in [0.2, 0.25) is 0 Å². The van der Waals surface area contributed by atoms with Gasteiger partial charge in [0.25, 0.3) is 21.8 Å². The Morgan fingerprint density at radius 2 is 1.77 bits per heavy atom. The first kappa shape index (κ1) is 47.6. The molecule has 5 aromatic rings. The van der Waals surface area contributed by atoms with Crippen molar-refractivity contribution in [3.8, 4) is 23.1 Å². The molecule has 1 amide bonds. The van der Waals surface area contributed by atoms with E-state index in [2.05, 4.69) is 73.4 Å². The smallest absolute Gasteiger partial charge is 0.268 e. The Balaban J connectivity index is 0.835. The molecule has 2 saturated carbocycles. The molecule has 17 heteroatoms. The molecule has 6 heterocycles. The highest BCUT2D eigenvalue weighted by Crippen LogP contribution is 2.54. The third-order valence-electron chi connectivity index (χ3n) is 16.6. The highest BCUT2D eigenvalue weighted by atomic mass is 32.2. The number of rotatable bonds is 13. The monoisotopic (exact) mass is 986 g/mol. The number of carbonyl (C=O) groups excluding carboxylic acids is 1. The molecule has 71 heavy (non-hydrogen) atoms. The van der Waals surface area contributed by atoms with E-state index in [4.69, 9.17) is 19.2 Å². The SMILES string of the molecule is CC(C)c1ccccc1[C@H]1CCCN1C1CC2(CCN(c3ccc(C(=O)NS(=O)(=O)c4cc(N=O)c5c(c4)OCC(C4CCC(C)(O)CC4)N5)c(Oc4cc5cc[nH]c5nc4O[C@H]4CCNC4)c3)CC2)C1. The van der Waals surface area contributed by atoms with Crippen LogP contribution < -0.4 is 34.5 Å². The number of likely N-dealkylation sites (tertiary alicyclic amines) is 1. The summed E-state index contributed by atoms with van der Waals surface area (Å²) in [5.41, 5.74) is 4.14. The molecular weight excluding hydrogens is 921 g/mol. The lowest BCUT2D eigenvalue weighted by atomic mass is 9.59. The standard InChI is InChI=1S/C54H66N8O8S/c1-33(2)40-7-4-5-8-41(40)45-9-6-22-62(45)37-29-54(30-37)18-23-61(24-19-54)36-10-11-42(46(26-36)70-48-25-35-14-21-56-50(35)58-52(48)69-38-15-20-55-31-38)51(63)60-71(66,67)39-27-43(59-65)49-47(28-39)68-32-44(57-49)34-12-16-53(3,64)17-13-34/h4-5,7-8,10-11,14,21,25-28,33-34,37-38,44-45,55,57,64H,6,9,12-13,15-20,22-24,29-32H2,1-3H3,(H,56,58)(H,60,63)/t34?,38-,44?,45+,53?/m0/s1. The maximum absolute atomic E-state index is 14.4. The minimum Gasteiger partial charge on any atom is -0.489 e. The van der Waals surface area contributed by atoms with Crippen LogP contribution in [0, 0.1) is 16.2 Å². The van der Waals surface area contributed by atoms with Crippen LogP contribution in [0.25, 0.3) is 11.0 Å². The van der Waals surface area contributed by atoms with Crippen molar-refractivity contribution in [3.05, 3.63) is 94.5 Å². The molecule has 3 atom stereocenters. The zero-order valence-corrected chi connectivity index (χ0v) is 41.7. The third kappa shape index (κ3) is 9.58. The lowest BCUT2D eigenvalue weighted by Gasteiger charge is -2.56. The molecule has 16 nitrogen and oxygen atoms in total. The van der Waals surface area contributed by atoms with Gasteiger partial charge in [-0.3, -0.25) is 9.69 Å². The number of aromatic amines is 1. The van der Waals surface area contributed by atoms with Gasteiger partial charge < -0.3 is 39.8 Å². The number of ether oxygens (including phenoxy) is 3. The van der Waals surface area contributed by atoms with Gasteiger partial charge in [-0.1, -0.05) is 38.1 Å². The van der Waals surface area contributed by atoms with Gasteiger partial charge in [-0.25, -0.2) is 13.1 Å². The van der Waals surface area contributed by atoms with Crippen LogP contribution in [-0.4, -0.2) is 97.4 Å². The summed E-state index contributed by atoms with van der Waals surface area (Å²) in [5.74, 6) is 0.563. The molecule has 1 spiro atoms. The summed E-state index contributed by atoms with van der Waals surface area (Å²) >= 11 is 0. The minimum atomic E-state index is -4.58. The number of sulfonamides is 1. The van der Waals surface area contributed by atoms with Crippen LogP contribution >= 0.6 is 0 Å².